The van der Waals surface area contributed by atoms with Crippen LogP contribution in [0.2, 0.25) is 0 Å². The summed E-state index contributed by atoms with van der Waals surface area (Å²) in [5.41, 5.74) is -0.813. The van der Waals surface area contributed by atoms with E-state index in [-0.39, 0.29) is 99.8 Å². The second-order valence-corrected chi connectivity index (χ2v) is 27.7. The molecular weight excluding hydrogens is 1400 g/mol. The van der Waals surface area contributed by atoms with E-state index in [0.29, 0.717) is 31.7 Å². The molecule has 0 atom stereocenters. The lowest BCUT2D eigenvalue weighted by Crippen LogP contribution is -2.48. The number of carboxylic acids is 5. The van der Waals surface area contributed by atoms with Gasteiger partial charge in [-0.2, -0.15) is 57.5 Å². The van der Waals surface area contributed by atoms with Crippen molar-refractivity contribution in [1.29, 1.82) is 0 Å². The number of carbonyl (C=O) groups excluding carboxylic acids is 14. The summed E-state index contributed by atoms with van der Waals surface area (Å²) in [6.45, 7) is 48.1. The first-order chi connectivity index (χ1) is 49.3. The van der Waals surface area contributed by atoms with E-state index in [2.05, 4.69) is 99.7 Å². The topological polar surface area (TPSA) is 471 Å². The predicted molar refractivity (Wildman–Crippen MR) is 381 cm³/mol. The maximum absolute atomic E-state index is 12.5. The van der Waals surface area contributed by atoms with Gasteiger partial charge in [0.05, 0.1) is 72.5 Å². The quantitative estimate of drug-likeness (QED) is 0.0523. The first kappa shape index (κ1) is 114. The third-order valence-corrected chi connectivity index (χ3v) is 14.7. The molecule has 0 aromatic heterocycles. The van der Waals surface area contributed by atoms with E-state index >= 15 is 0 Å². The van der Waals surface area contributed by atoms with Crippen LogP contribution in [-0.4, -0.2) is 425 Å². The molecule has 614 valence electrons. The molecule has 0 unspecified atom stereocenters. The first-order valence-electron chi connectivity index (χ1n) is 34.3. The Morgan fingerprint density at radius 3 is 0.877 bits per heavy atom. The molecule has 38 heteroatoms. The molecule has 106 heavy (non-hydrogen) atoms. The number of rotatable bonds is 29. The number of ketones is 2. The summed E-state index contributed by atoms with van der Waals surface area (Å²) in [6.07, 6.45) is 1.50. The zero-order valence-electron chi connectivity index (χ0n) is 66.5. The molecule has 0 aromatic rings. The van der Waals surface area contributed by atoms with Crippen molar-refractivity contribution in [2.75, 3.05) is 252 Å². The van der Waals surface area contributed by atoms with Crippen molar-refractivity contribution in [3.8, 4) is 0 Å². The van der Waals surface area contributed by atoms with Gasteiger partial charge in [0.2, 0.25) is 0 Å². The Morgan fingerprint density at radius 1 is 0.340 bits per heavy atom. The number of hydrogen-bond donors (Lipinski definition) is 5. The highest BCUT2D eigenvalue weighted by Crippen LogP contribution is 2.17. The van der Waals surface area contributed by atoms with Crippen LogP contribution in [0.1, 0.15) is 90.0 Å². The summed E-state index contributed by atoms with van der Waals surface area (Å²) in [6, 6.07) is 0. The lowest BCUT2D eigenvalue weighted by Gasteiger charge is -2.33. The van der Waals surface area contributed by atoms with Gasteiger partial charge in [0.25, 0.3) is 0 Å². The normalized spacial score (nSPS) is 14.9. The fraction of sp³-hybridized carbons (Fsp3) is 0.809. The Kier molecular flexibility index (Phi) is 78.6. The Labute approximate surface area is 626 Å². The SMILES string of the molecule is CCN(CC(=O)O)CN(CC(C)C)CN(C)C.CCN1CCN(C)CCN(CC(C)C)CCN(CC(=O)O)CC1.CCN1CCN(CC(=O)O)CCN(C)CCN(CC(=O)C(C)(C)C)CC1.CN(C)CN(CC(=O)C(C)(C)C)CN(CC(=O)O)CC(=O)O.O=C=O.O=C=O.O=C=O.O=C=O.O=C=O.O=C=O. The Bertz CT molecular complexity index is 2420. The maximum Gasteiger partial charge on any atom is 0.373 e. The van der Waals surface area contributed by atoms with Gasteiger partial charge < -0.3 is 50.0 Å². The number of likely N-dealkylation sites (N-methyl/N-ethyl adjacent to an activating group) is 5. The summed E-state index contributed by atoms with van der Waals surface area (Å²) < 4.78 is 0. The van der Waals surface area contributed by atoms with Crippen molar-refractivity contribution in [1.82, 2.24) is 68.6 Å². The minimum atomic E-state index is -1.10. The van der Waals surface area contributed by atoms with Gasteiger partial charge in [-0.25, -0.2) is 0 Å². The highest BCUT2D eigenvalue weighted by molar-refractivity contribution is 5.86. The number of aliphatic carboxylic acids is 5. The molecule has 0 bridgehead atoms. The Hall–Kier alpha value is -7.59. The second-order valence-electron chi connectivity index (χ2n) is 27.7. The number of carboxylic acid groups (broad SMARTS) is 5. The molecule has 2 heterocycles. The van der Waals surface area contributed by atoms with Crippen LogP contribution in [0.4, 0.5) is 0 Å². The van der Waals surface area contributed by atoms with Crippen LogP contribution in [0, 0.1) is 22.7 Å². The summed E-state index contributed by atoms with van der Waals surface area (Å²) in [4.78, 5) is 206. The molecule has 0 aliphatic carbocycles. The summed E-state index contributed by atoms with van der Waals surface area (Å²) in [5, 5.41) is 44.8. The van der Waals surface area contributed by atoms with Gasteiger partial charge in [-0.1, -0.05) is 90.0 Å². The predicted octanol–water partition coefficient (Wildman–Crippen LogP) is -1.67. The summed E-state index contributed by atoms with van der Waals surface area (Å²) in [5.74, 6) is -2.95. The van der Waals surface area contributed by atoms with E-state index in [0.717, 1.165) is 144 Å². The average Bonchev–Trinajstić information content (AvgIpc) is 0.886. The molecule has 2 saturated heterocycles. The highest BCUT2D eigenvalue weighted by Gasteiger charge is 2.28. The Morgan fingerprint density at radius 2 is 0.604 bits per heavy atom. The largest absolute Gasteiger partial charge is 0.480 e. The van der Waals surface area contributed by atoms with Crippen LogP contribution in [0.3, 0.4) is 0 Å². The van der Waals surface area contributed by atoms with Crippen LogP contribution in [0.5, 0.6) is 0 Å². The second kappa shape index (κ2) is 72.9. The van der Waals surface area contributed by atoms with Crippen molar-refractivity contribution in [3.05, 3.63) is 0 Å². The fourth-order valence-electron chi connectivity index (χ4n) is 9.52. The maximum atomic E-state index is 12.5. The van der Waals surface area contributed by atoms with Gasteiger partial charge in [0.15, 0.2) is 11.6 Å². The lowest BCUT2D eigenvalue weighted by molar-refractivity contribution is -0.193. The third kappa shape index (κ3) is 83.7. The van der Waals surface area contributed by atoms with E-state index in [9.17, 15) is 33.6 Å². The van der Waals surface area contributed by atoms with Crippen molar-refractivity contribution >= 4 is 78.3 Å². The molecule has 2 aliphatic rings. The van der Waals surface area contributed by atoms with Gasteiger partial charge in [-0.15, -0.1) is 0 Å². The zero-order chi connectivity index (χ0) is 84.1. The number of Topliss-reactive ketones (excluding diaryl/α,β-unsaturated/α-hetero) is 2. The highest BCUT2D eigenvalue weighted by atomic mass is 16.4. The molecular formula is C68H128N14O24. The van der Waals surface area contributed by atoms with Crippen LogP contribution >= 0.6 is 0 Å². The lowest BCUT2D eigenvalue weighted by atomic mass is 9.90. The number of nitrogens with zero attached hydrogens (tertiary/aromatic N) is 14. The van der Waals surface area contributed by atoms with E-state index in [1.807, 2.05) is 91.4 Å². The molecule has 0 radical (unpaired) electrons. The van der Waals surface area contributed by atoms with Crippen molar-refractivity contribution in [2.45, 2.75) is 90.0 Å². The van der Waals surface area contributed by atoms with Gasteiger partial charge >= 0.3 is 66.8 Å². The van der Waals surface area contributed by atoms with Gasteiger partial charge in [0.1, 0.15) is 0 Å². The van der Waals surface area contributed by atoms with Crippen molar-refractivity contribution < 1.29 is 117 Å². The zero-order valence-corrected chi connectivity index (χ0v) is 66.5. The van der Waals surface area contributed by atoms with E-state index in [1.54, 1.807) is 4.90 Å². The first-order valence-corrected chi connectivity index (χ1v) is 34.3. The molecule has 2 rings (SSSR count). The van der Waals surface area contributed by atoms with Gasteiger partial charge in [0, 0.05) is 129 Å². The smallest absolute Gasteiger partial charge is 0.373 e. The molecule has 0 aromatic carbocycles. The number of hydrogen-bond acceptors (Lipinski definition) is 33. The van der Waals surface area contributed by atoms with E-state index in [1.165, 1.54) is 4.90 Å². The molecule has 2 aliphatic heterocycles. The van der Waals surface area contributed by atoms with Crippen molar-refractivity contribution in [2.24, 2.45) is 22.7 Å². The summed E-state index contributed by atoms with van der Waals surface area (Å²) >= 11 is 0. The molecule has 0 spiro atoms. The molecule has 0 amide bonds. The Balaban J connectivity index is -0.000000188. The van der Waals surface area contributed by atoms with Crippen LogP contribution in [0.15, 0.2) is 0 Å². The third-order valence-electron chi connectivity index (χ3n) is 14.7. The van der Waals surface area contributed by atoms with Crippen LogP contribution in [-0.2, 0) is 91.1 Å². The summed E-state index contributed by atoms with van der Waals surface area (Å²) in [7, 11) is 12.0. The minimum Gasteiger partial charge on any atom is -0.480 e. The van der Waals surface area contributed by atoms with E-state index < -0.39 is 35.3 Å². The number of carbonyl (C=O) groups is 7. The minimum absolute atomic E-state index is 0.0138. The standard InChI is InChI=1S/C19H38N4O3.C17H36N4O2.C14H27N3O5.C12H27N3O2.6CO2/c1-6-21-11-13-22(15-17(24)19(2,3)4)9-7-20(5)8-10-23(14-12-21)16-18(25)26;1-5-19-8-6-18(4)7-9-20(14-16(2)3)12-13-21(11-10-19)15-17(22)23;1-14(2,3)11(18)6-17(9-15(4)5)10-16(7-12(19)20)8-13(21)22;1-6-14(8-12(16)17)10-15(7-11(2)3)9-13(4)5;6*2-1-3/h6-16H2,1-5H3,(H,25,26);16H,5-15H2,1-4H3,(H,22,23);6-10H2,1-5H3,(H,19,20)(H,21,22);11H,6-10H2,1-5H3,(H,16,17);;;;;;. The molecule has 0 saturated carbocycles. The van der Waals surface area contributed by atoms with Gasteiger partial charge in [-0.3, -0.25) is 77.7 Å². The van der Waals surface area contributed by atoms with Gasteiger partial charge in [-0.05, 0) is 73.8 Å². The fourth-order valence-corrected chi connectivity index (χ4v) is 9.52. The van der Waals surface area contributed by atoms with Crippen molar-refractivity contribution in [3.63, 3.8) is 0 Å². The molecule has 2 fully saturated rings. The molecule has 38 nitrogen and oxygen atoms in total. The van der Waals surface area contributed by atoms with Crippen LogP contribution < -0.4 is 0 Å². The monoisotopic (exact) mass is 1520 g/mol. The van der Waals surface area contributed by atoms with E-state index in [4.69, 9.17) is 83.1 Å². The van der Waals surface area contributed by atoms with Crippen LogP contribution in [0.25, 0.3) is 0 Å². The molecule has 5 N–H and O–H groups in total. The average molecular weight is 1530 g/mol.